The molecule has 0 saturated heterocycles. The standard InChI is InChI=1S/C11H14O3/c1-10(12)8-6-4-2-3-5-7-9-11(13)14/h2-10,12H,1H3,(H,13,14)/b4-2+,5-3+,8-6+,9-7+. The minimum Gasteiger partial charge on any atom is -0.478 e. The first-order valence-electron chi connectivity index (χ1n) is 4.22. The summed E-state index contributed by atoms with van der Waals surface area (Å²) in [5, 5.41) is 17.1. The molecular weight excluding hydrogens is 180 g/mol. The van der Waals surface area contributed by atoms with Crippen molar-refractivity contribution in [3.63, 3.8) is 0 Å². The van der Waals surface area contributed by atoms with Crippen LogP contribution < -0.4 is 0 Å². The maximum atomic E-state index is 10.0. The molecule has 76 valence electrons. The zero-order chi connectivity index (χ0) is 10.8. The van der Waals surface area contributed by atoms with Gasteiger partial charge in [0.05, 0.1) is 6.10 Å². The van der Waals surface area contributed by atoms with Gasteiger partial charge in [0.15, 0.2) is 0 Å². The number of aliphatic hydroxyl groups excluding tert-OH is 1. The molecule has 0 aliphatic rings. The third kappa shape index (κ3) is 10.4. The molecular formula is C11H14O3. The summed E-state index contributed by atoms with van der Waals surface area (Å²) in [5.41, 5.74) is 0. The van der Waals surface area contributed by atoms with E-state index in [2.05, 4.69) is 0 Å². The fourth-order valence-corrected chi connectivity index (χ4v) is 0.619. The summed E-state index contributed by atoms with van der Waals surface area (Å²) in [7, 11) is 0. The van der Waals surface area contributed by atoms with Gasteiger partial charge >= 0.3 is 5.97 Å². The second kappa shape index (κ2) is 8.01. The summed E-state index contributed by atoms with van der Waals surface area (Å²) in [6.07, 6.45) is 12.2. The second-order valence-electron chi connectivity index (χ2n) is 2.59. The van der Waals surface area contributed by atoms with E-state index in [4.69, 9.17) is 10.2 Å². The van der Waals surface area contributed by atoms with Crippen LogP contribution in [0.5, 0.6) is 0 Å². The lowest BCUT2D eigenvalue weighted by molar-refractivity contribution is -0.131. The Balaban J connectivity index is 3.77. The van der Waals surface area contributed by atoms with Gasteiger partial charge in [0, 0.05) is 6.08 Å². The quantitative estimate of drug-likeness (QED) is 0.517. The molecule has 0 saturated carbocycles. The first-order valence-corrected chi connectivity index (χ1v) is 4.22. The number of hydrogen-bond donors (Lipinski definition) is 2. The molecule has 1 atom stereocenters. The van der Waals surface area contributed by atoms with Crippen LogP contribution >= 0.6 is 0 Å². The van der Waals surface area contributed by atoms with Crippen molar-refractivity contribution in [3.8, 4) is 0 Å². The molecule has 0 aliphatic heterocycles. The van der Waals surface area contributed by atoms with Gasteiger partial charge < -0.3 is 10.2 Å². The average Bonchev–Trinajstić information content (AvgIpc) is 2.08. The van der Waals surface area contributed by atoms with Crippen LogP contribution in [0.1, 0.15) is 6.92 Å². The number of hydrogen-bond acceptors (Lipinski definition) is 2. The Hall–Kier alpha value is -1.61. The van der Waals surface area contributed by atoms with Gasteiger partial charge in [-0.1, -0.05) is 42.5 Å². The van der Waals surface area contributed by atoms with Gasteiger partial charge in [0.2, 0.25) is 0 Å². The minimum absolute atomic E-state index is 0.449. The Morgan fingerprint density at radius 2 is 1.57 bits per heavy atom. The summed E-state index contributed by atoms with van der Waals surface area (Å²) in [4.78, 5) is 10.0. The number of carboxylic acid groups (broad SMARTS) is 1. The smallest absolute Gasteiger partial charge is 0.328 e. The van der Waals surface area contributed by atoms with Crippen molar-refractivity contribution in [2.75, 3.05) is 0 Å². The fourth-order valence-electron chi connectivity index (χ4n) is 0.619. The van der Waals surface area contributed by atoms with Crippen molar-refractivity contribution < 1.29 is 15.0 Å². The highest BCUT2D eigenvalue weighted by Gasteiger charge is 1.80. The Bertz CT molecular complexity index is 270. The predicted octanol–water partition coefficient (Wildman–Crippen LogP) is 1.68. The van der Waals surface area contributed by atoms with Crippen molar-refractivity contribution in [3.05, 3.63) is 48.6 Å². The molecule has 3 nitrogen and oxygen atoms in total. The van der Waals surface area contributed by atoms with Gasteiger partial charge in [-0.15, -0.1) is 0 Å². The maximum absolute atomic E-state index is 10.0. The number of carboxylic acids is 1. The van der Waals surface area contributed by atoms with E-state index >= 15 is 0 Å². The predicted molar refractivity (Wildman–Crippen MR) is 55.9 cm³/mol. The molecule has 0 bridgehead atoms. The molecule has 2 N–H and O–H groups in total. The third-order valence-corrected chi connectivity index (χ3v) is 1.18. The van der Waals surface area contributed by atoms with Crippen molar-refractivity contribution >= 4 is 5.97 Å². The molecule has 0 fully saturated rings. The van der Waals surface area contributed by atoms with Crippen molar-refractivity contribution in [2.24, 2.45) is 0 Å². The van der Waals surface area contributed by atoms with Crippen LogP contribution in [-0.2, 0) is 4.79 Å². The van der Waals surface area contributed by atoms with Crippen LogP contribution in [0.4, 0.5) is 0 Å². The number of rotatable bonds is 5. The molecule has 14 heavy (non-hydrogen) atoms. The zero-order valence-corrected chi connectivity index (χ0v) is 8.00. The van der Waals surface area contributed by atoms with E-state index in [9.17, 15) is 4.79 Å². The van der Waals surface area contributed by atoms with Gasteiger partial charge in [0.1, 0.15) is 0 Å². The summed E-state index contributed by atoms with van der Waals surface area (Å²) < 4.78 is 0. The van der Waals surface area contributed by atoms with Crippen LogP contribution in [-0.4, -0.2) is 22.3 Å². The van der Waals surface area contributed by atoms with E-state index in [1.807, 2.05) is 0 Å². The van der Waals surface area contributed by atoms with Crippen LogP contribution in [0.25, 0.3) is 0 Å². The molecule has 0 rings (SSSR count). The van der Waals surface area contributed by atoms with E-state index in [1.165, 1.54) is 6.08 Å². The molecule has 3 heteroatoms. The van der Waals surface area contributed by atoms with Gasteiger partial charge in [-0.2, -0.15) is 0 Å². The molecule has 0 aromatic rings. The summed E-state index contributed by atoms with van der Waals surface area (Å²) in [5.74, 6) is -0.965. The second-order valence-corrected chi connectivity index (χ2v) is 2.59. The molecule has 0 aliphatic carbocycles. The normalized spacial score (nSPS) is 15.0. The Kier molecular flexibility index (Phi) is 7.09. The Morgan fingerprint density at radius 3 is 2.07 bits per heavy atom. The van der Waals surface area contributed by atoms with E-state index < -0.39 is 12.1 Å². The summed E-state index contributed by atoms with van der Waals surface area (Å²) in [6.45, 7) is 1.66. The topological polar surface area (TPSA) is 57.5 Å². The lowest BCUT2D eigenvalue weighted by Crippen LogP contribution is -1.90. The first kappa shape index (κ1) is 12.4. The highest BCUT2D eigenvalue weighted by Crippen LogP contribution is 1.85. The lowest BCUT2D eigenvalue weighted by atomic mass is 10.3. The molecule has 0 amide bonds. The van der Waals surface area contributed by atoms with E-state index in [1.54, 1.807) is 43.4 Å². The highest BCUT2D eigenvalue weighted by atomic mass is 16.4. The van der Waals surface area contributed by atoms with Gasteiger partial charge in [-0.3, -0.25) is 0 Å². The van der Waals surface area contributed by atoms with Crippen LogP contribution in [0.15, 0.2) is 48.6 Å². The molecule has 0 spiro atoms. The van der Waals surface area contributed by atoms with Crippen molar-refractivity contribution in [1.82, 2.24) is 0 Å². The van der Waals surface area contributed by atoms with Gasteiger partial charge in [0.25, 0.3) is 0 Å². The number of aliphatic carboxylic acids is 1. The van der Waals surface area contributed by atoms with E-state index in [0.29, 0.717) is 0 Å². The SMILES string of the molecule is CC(O)/C=C/C=C/C=C/C=C/C(=O)O. The number of allylic oxidation sites excluding steroid dienone is 6. The molecule has 0 heterocycles. The highest BCUT2D eigenvalue weighted by molar-refractivity contribution is 5.80. The van der Waals surface area contributed by atoms with Crippen LogP contribution in [0.3, 0.4) is 0 Å². The number of aliphatic hydroxyl groups is 1. The van der Waals surface area contributed by atoms with Crippen LogP contribution in [0, 0.1) is 0 Å². The maximum Gasteiger partial charge on any atom is 0.328 e. The van der Waals surface area contributed by atoms with Crippen molar-refractivity contribution in [1.29, 1.82) is 0 Å². The fraction of sp³-hybridized carbons (Fsp3) is 0.182. The zero-order valence-electron chi connectivity index (χ0n) is 8.00. The molecule has 0 radical (unpaired) electrons. The largest absolute Gasteiger partial charge is 0.478 e. The molecule has 0 aromatic heterocycles. The summed E-state index contributed by atoms with van der Waals surface area (Å²) in [6, 6.07) is 0. The van der Waals surface area contributed by atoms with Crippen LogP contribution in [0.2, 0.25) is 0 Å². The Labute approximate surface area is 83.4 Å². The molecule has 0 aromatic carbocycles. The Morgan fingerprint density at radius 1 is 1.07 bits per heavy atom. The van der Waals surface area contributed by atoms with E-state index in [0.717, 1.165) is 6.08 Å². The minimum atomic E-state index is -0.965. The summed E-state index contributed by atoms with van der Waals surface area (Å²) >= 11 is 0. The first-order chi connectivity index (χ1) is 6.63. The lowest BCUT2D eigenvalue weighted by Gasteiger charge is -1.88. The van der Waals surface area contributed by atoms with Gasteiger partial charge in [-0.25, -0.2) is 4.79 Å². The average molecular weight is 194 g/mol. The third-order valence-electron chi connectivity index (χ3n) is 1.18. The van der Waals surface area contributed by atoms with E-state index in [-0.39, 0.29) is 0 Å². The van der Waals surface area contributed by atoms with Crippen molar-refractivity contribution in [2.45, 2.75) is 13.0 Å². The number of carbonyl (C=O) groups is 1. The van der Waals surface area contributed by atoms with Gasteiger partial charge in [-0.05, 0) is 6.92 Å². The monoisotopic (exact) mass is 194 g/mol. The molecule has 1 unspecified atom stereocenters.